The largest absolute Gasteiger partial charge is 0.395 e. The summed E-state index contributed by atoms with van der Waals surface area (Å²) in [6.45, 7) is 12.0. The fourth-order valence-corrected chi connectivity index (χ4v) is 4.13. The predicted octanol–water partition coefficient (Wildman–Crippen LogP) is 2.89. The fourth-order valence-electron chi connectivity index (χ4n) is 4.13. The Labute approximate surface area is 131 Å². The van der Waals surface area contributed by atoms with Crippen molar-refractivity contribution >= 4 is 0 Å². The molecule has 0 aromatic carbocycles. The normalized spacial score (nSPS) is 34.7. The maximum Gasteiger partial charge on any atom is 0.0586 e. The Kier molecular flexibility index (Phi) is 6.51. The highest BCUT2D eigenvalue weighted by Gasteiger charge is 2.38. The zero-order valence-corrected chi connectivity index (χ0v) is 14.4. The molecule has 1 atom stereocenters. The molecule has 1 saturated carbocycles. The molecule has 3 nitrogen and oxygen atoms in total. The second-order valence-corrected chi connectivity index (χ2v) is 8.16. The summed E-state index contributed by atoms with van der Waals surface area (Å²) in [5.41, 5.74) is 0.444. The summed E-state index contributed by atoms with van der Waals surface area (Å²) < 4.78 is 0. The second kappa shape index (κ2) is 7.94. The van der Waals surface area contributed by atoms with Crippen LogP contribution < -0.4 is 5.32 Å². The molecule has 1 unspecified atom stereocenters. The lowest BCUT2D eigenvalue weighted by atomic mass is 9.70. The summed E-state index contributed by atoms with van der Waals surface area (Å²) in [6.07, 6.45) is 7.91. The standard InChI is InChI=1S/C18H36N2O/c1-15(2)11-19-13-18(8-6-16(3)7-9-18)14-20-10-4-5-17(20)12-21/h15-17,19,21H,4-14H2,1-3H3. The first-order valence-electron chi connectivity index (χ1n) is 9.10. The molecule has 0 aromatic heterocycles. The number of hydrogen-bond acceptors (Lipinski definition) is 3. The van der Waals surface area contributed by atoms with E-state index in [1.54, 1.807) is 0 Å². The summed E-state index contributed by atoms with van der Waals surface area (Å²) >= 11 is 0. The molecule has 1 saturated heterocycles. The van der Waals surface area contributed by atoms with Crippen LogP contribution in [-0.2, 0) is 0 Å². The first-order chi connectivity index (χ1) is 10.0. The Balaban J connectivity index is 1.94. The number of likely N-dealkylation sites (tertiary alicyclic amines) is 1. The van der Waals surface area contributed by atoms with Crippen molar-refractivity contribution < 1.29 is 5.11 Å². The molecule has 2 rings (SSSR count). The minimum absolute atomic E-state index is 0.339. The smallest absolute Gasteiger partial charge is 0.0586 e. The number of rotatable bonds is 7. The molecule has 2 aliphatic rings. The van der Waals surface area contributed by atoms with E-state index in [1.165, 1.54) is 51.6 Å². The number of aliphatic hydroxyl groups excluding tert-OH is 1. The fraction of sp³-hybridized carbons (Fsp3) is 1.00. The Morgan fingerprint density at radius 1 is 1.24 bits per heavy atom. The predicted molar refractivity (Wildman–Crippen MR) is 89.5 cm³/mol. The molecule has 1 aliphatic heterocycles. The van der Waals surface area contributed by atoms with Crippen molar-refractivity contribution in [2.75, 3.05) is 32.8 Å². The average Bonchev–Trinajstić information content (AvgIpc) is 2.89. The monoisotopic (exact) mass is 296 g/mol. The summed E-state index contributed by atoms with van der Waals surface area (Å²) in [6, 6.07) is 0.423. The molecule has 3 heteroatoms. The molecule has 21 heavy (non-hydrogen) atoms. The zero-order chi connectivity index (χ0) is 15.3. The topological polar surface area (TPSA) is 35.5 Å². The maximum absolute atomic E-state index is 9.58. The van der Waals surface area contributed by atoms with E-state index in [0.717, 1.165) is 24.9 Å². The molecule has 0 spiro atoms. The van der Waals surface area contributed by atoms with E-state index in [9.17, 15) is 5.11 Å². The SMILES string of the molecule is CC(C)CNCC1(CN2CCCC2CO)CCC(C)CC1. The van der Waals surface area contributed by atoms with E-state index in [-0.39, 0.29) is 0 Å². The van der Waals surface area contributed by atoms with Gasteiger partial charge in [-0.3, -0.25) is 4.90 Å². The van der Waals surface area contributed by atoms with Gasteiger partial charge in [0, 0.05) is 19.1 Å². The third-order valence-electron chi connectivity index (χ3n) is 5.64. The minimum atomic E-state index is 0.339. The van der Waals surface area contributed by atoms with Gasteiger partial charge in [0.25, 0.3) is 0 Å². The molecule has 124 valence electrons. The zero-order valence-electron chi connectivity index (χ0n) is 14.4. The van der Waals surface area contributed by atoms with Gasteiger partial charge in [-0.25, -0.2) is 0 Å². The van der Waals surface area contributed by atoms with E-state index in [2.05, 4.69) is 31.0 Å². The highest BCUT2D eigenvalue weighted by Crippen LogP contribution is 2.40. The number of nitrogens with zero attached hydrogens (tertiary/aromatic N) is 1. The van der Waals surface area contributed by atoms with Crippen LogP contribution in [0, 0.1) is 17.3 Å². The summed E-state index contributed by atoms with van der Waals surface area (Å²) in [5.74, 6) is 1.62. The average molecular weight is 296 g/mol. The maximum atomic E-state index is 9.58. The molecule has 0 amide bonds. The molecule has 0 radical (unpaired) electrons. The van der Waals surface area contributed by atoms with Gasteiger partial charge in [-0.2, -0.15) is 0 Å². The lowest BCUT2D eigenvalue weighted by molar-refractivity contribution is 0.0629. The van der Waals surface area contributed by atoms with Crippen LogP contribution in [0.4, 0.5) is 0 Å². The van der Waals surface area contributed by atoms with E-state index in [4.69, 9.17) is 0 Å². The first kappa shape index (κ1) is 17.2. The van der Waals surface area contributed by atoms with Gasteiger partial charge in [-0.1, -0.05) is 33.6 Å². The van der Waals surface area contributed by atoms with E-state index in [1.807, 2.05) is 0 Å². The van der Waals surface area contributed by atoms with Crippen LogP contribution in [-0.4, -0.2) is 48.8 Å². The summed E-state index contributed by atoms with van der Waals surface area (Å²) in [7, 11) is 0. The van der Waals surface area contributed by atoms with Gasteiger partial charge in [0.15, 0.2) is 0 Å². The quantitative estimate of drug-likeness (QED) is 0.758. The Hall–Kier alpha value is -0.120. The van der Waals surface area contributed by atoms with Gasteiger partial charge in [-0.15, -0.1) is 0 Å². The molecule has 0 aromatic rings. The number of aliphatic hydroxyl groups is 1. The van der Waals surface area contributed by atoms with Crippen LogP contribution in [0.25, 0.3) is 0 Å². The Morgan fingerprint density at radius 2 is 1.95 bits per heavy atom. The highest BCUT2D eigenvalue weighted by molar-refractivity contribution is 4.92. The van der Waals surface area contributed by atoms with Gasteiger partial charge in [0.05, 0.1) is 6.61 Å². The number of hydrogen-bond donors (Lipinski definition) is 2. The van der Waals surface area contributed by atoms with Crippen LogP contribution in [0.15, 0.2) is 0 Å². The van der Waals surface area contributed by atoms with Crippen molar-refractivity contribution in [1.29, 1.82) is 0 Å². The van der Waals surface area contributed by atoms with E-state index >= 15 is 0 Å². The van der Waals surface area contributed by atoms with E-state index < -0.39 is 0 Å². The molecular formula is C18H36N2O. The number of nitrogens with one attached hydrogen (secondary N) is 1. The van der Waals surface area contributed by atoms with Crippen molar-refractivity contribution in [2.45, 2.75) is 65.3 Å². The van der Waals surface area contributed by atoms with Crippen molar-refractivity contribution in [3.63, 3.8) is 0 Å². The van der Waals surface area contributed by atoms with Crippen LogP contribution in [0.1, 0.15) is 59.3 Å². The molecular weight excluding hydrogens is 260 g/mol. The van der Waals surface area contributed by atoms with Crippen molar-refractivity contribution in [1.82, 2.24) is 10.2 Å². The Bertz CT molecular complexity index is 298. The van der Waals surface area contributed by atoms with Gasteiger partial charge in [0.2, 0.25) is 0 Å². The molecule has 0 bridgehead atoms. The van der Waals surface area contributed by atoms with E-state index in [0.29, 0.717) is 18.1 Å². The third-order valence-corrected chi connectivity index (χ3v) is 5.64. The van der Waals surface area contributed by atoms with Crippen molar-refractivity contribution in [2.24, 2.45) is 17.3 Å². The van der Waals surface area contributed by atoms with Crippen LogP contribution in [0.3, 0.4) is 0 Å². The van der Waals surface area contributed by atoms with Crippen LogP contribution >= 0.6 is 0 Å². The van der Waals surface area contributed by atoms with Crippen molar-refractivity contribution in [3.05, 3.63) is 0 Å². The van der Waals surface area contributed by atoms with Crippen molar-refractivity contribution in [3.8, 4) is 0 Å². The van der Waals surface area contributed by atoms with Crippen LogP contribution in [0.2, 0.25) is 0 Å². The lowest BCUT2D eigenvalue weighted by Gasteiger charge is -2.43. The van der Waals surface area contributed by atoms with Gasteiger partial charge in [-0.05, 0) is 56.0 Å². The minimum Gasteiger partial charge on any atom is -0.395 e. The lowest BCUT2D eigenvalue weighted by Crippen LogP contribution is -2.48. The molecule has 2 N–H and O–H groups in total. The highest BCUT2D eigenvalue weighted by atomic mass is 16.3. The summed E-state index contributed by atoms with van der Waals surface area (Å²) in [5, 5.41) is 13.3. The third kappa shape index (κ3) is 4.94. The Morgan fingerprint density at radius 3 is 2.57 bits per heavy atom. The molecule has 2 fully saturated rings. The van der Waals surface area contributed by atoms with Crippen LogP contribution in [0.5, 0.6) is 0 Å². The molecule has 1 heterocycles. The summed E-state index contributed by atoms with van der Waals surface area (Å²) in [4.78, 5) is 2.58. The van der Waals surface area contributed by atoms with Gasteiger partial charge >= 0.3 is 0 Å². The first-order valence-corrected chi connectivity index (χ1v) is 9.10. The second-order valence-electron chi connectivity index (χ2n) is 8.16. The van der Waals surface area contributed by atoms with Gasteiger partial charge in [0.1, 0.15) is 0 Å². The van der Waals surface area contributed by atoms with Gasteiger partial charge < -0.3 is 10.4 Å². The molecule has 1 aliphatic carbocycles.